The molecule has 0 fully saturated rings. The van der Waals surface area contributed by atoms with Crippen LogP contribution in [0.25, 0.3) is 17.8 Å². The molecule has 0 saturated heterocycles. The van der Waals surface area contributed by atoms with Crippen LogP contribution in [-0.2, 0) is 6.54 Å². The summed E-state index contributed by atoms with van der Waals surface area (Å²) in [6.07, 6.45) is 4.04. The first-order valence-corrected chi connectivity index (χ1v) is 7.61. The van der Waals surface area contributed by atoms with Crippen LogP contribution in [0.15, 0.2) is 17.0 Å². The van der Waals surface area contributed by atoms with E-state index >= 15 is 0 Å². The molecule has 0 bridgehead atoms. The molecule has 6 nitrogen and oxygen atoms in total. The fraction of sp³-hybridized carbons (Fsp3) is 0.286. The fourth-order valence-corrected chi connectivity index (χ4v) is 2.58. The van der Waals surface area contributed by atoms with E-state index in [1.807, 2.05) is 13.8 Å². The molecule has 23 heavy (non-hydrogen) atoms. The van der Waals surface area contributed by atoms with Gasteiger partial charge in [0.2, 0.25) is 0 Å². The zero-order valence-electron chi connectivity index (χ0n) is 12.4. The van der Waals surface area contributed by atoms with Crippen LogP contribution < -0.4 is 0 Å². The highest BCUT2D eigenvalue weighted by molar-refractivity contribution is 9.10. The van der Waals surface area contributed by atoms with Crippen molar-refractivity contribution in [3.8, 4) is 0 Å². The van der Waals surface area contributed by atoms with Gasteiger partial charge in [0.15, 0.2) is 11.5 Å². The molecule has 0 amide bonds. The molecule has 0 spiro atoms. The lowest BCUT2D eigenvalue weighted by molar-refractivity contribution is 0.126. The number of rotatable bonds is 4. The average molecular weight is 383 g/mol. The Hall–Kier alpha value is -2.16. The van der Waals surface area contributed by atoms with E-state index in [0.29, 0.717) is 21.9 Å². The van der Waals surface area contributed by atoms with Crippen molar-refractivity contribution in [2.75, 3.05) is 0 Å². The SMILES string of the molecule is Cc1ncc(C)n2nc(/C=C/c3nc(Br)cn3CC(F)F)nc12. The van der Waals surface area contributed by atoms with Gasteiger partial charge in [0.1, 0.15) is 10.4 Å². The van der Waals surface area contributed by atoms with Crippen molar-refractivity contribution in [1.82, 2.24) is 29.1 Å². The molecule has 120 valence electrons. The average Bonchev–Trinajstić information content (AvgIpc) is 3.05. The van der Waals surface area contributed by atoms with Crippen LogP contribution in [0.2, 0.25) is 0 Å². The summed E-state index contributed by atoms with van der Waals surface area (Å²) in [5.41, 5.74) is 2.30. The number of halogens is 3. The van der Waals surface area contributed by atoms with Crippen LogP contribution in [0.3, 0.4) is 0 Å². The third kappa shape index (κ3) is 3.29. The number of fused-ring (bicyclic) bond motifs is 1. The summed E-state index contributed by atoms with van der Waals surface area (Å²) in [6, 6.07) is 0. The van der Waals surface area contributed by atoms with Gasteiger partial charge in [0, 0.05) is 12.4 Å². The zero-order valence-corrected chi connectivity index (χ0v) is 14.0. The molecule has 3 rings (SSSR count). The number of imidazole rings is 1. The van der Waals surface area contributed by atoms with Gasteiger partial charge in [0.25, 0.3) is 6.43 Å². The maximum atomic E-state index is 12.6. The summed E-state index contributed by atoms with van der Waals surface area (Å²) in [5.74, 6) is 0.870. The number of aromatic nitrogens is 6. The molecule has 0 aromatic carbocycles. The first kappa shape index (κ1) is 15.7. The van der Waals surface area contributed by atoms with Crippen LogP contribution in [-0.4, -0.2) is 35.6 Å². The van der Waals surface area contributed by atoms with Gasteiger partial charge in [0.05, 0.1) is 17.9 Å². The normalized spacial score (nSPS) is 12.1. The molecule has 0 aliphatic carbocycles. The van der Waals surface area contributed by atoms with Crippen molar-refractivity contribution in [3.05, 3.63) is 40.0 Å². The van der Waals surface area contributed by atoms with E-state index in [-0.39, 0.29) is 0 Å². The first-order chi connectivity index (χ1) is 10.9. The number of aryl methyl sites for hydroxylation is 2. The molecule has 3 aromatic rings. The molecule has 3 aromatic heterocycles. The van der Waals surface area contributed by atoms with Gasteiger partial charge in [-0.15, -0.1) is 5.10 Å². The van der Waals surface area contributed by atoms with E-state index < -0.39 is 13.0 Å². The lowest BCUT2D eigenvalue weighted by Gasteiger charge is -2.02. The standard InChI is InChI=1S/C14H13BrF2N6/c1-8-5-18-9(2)14-20-12(21-23(8)14)3-4-13-19-10(15)6-22(13)7-11(16)17/h3-6,11H,7H2,1-2H3/b4-3+. The maximum Gasteiger partial charge on any atom is 0.256 e. The van der Waals surface area contributed by atoms with E-state index in [4.69, 9.17) is 0 Å². The fourth-order valence-electron chi connectivity index (χ4n) is 2.16. The number of hydrogen-bond donors (Lipinski definition) is 0. The summed E-state index contributed by atoms with van der Waals surface area (Å²) in [5, 5.41) is 4.37. The second-order valence-electron chi connectivity index (χ2n) is 4.99. The largest absolute Gasteiger partial charge is 0.325 e. The zero-order chi connectivity index (χ0) is 16.6. The van der Waals surface area contributed by atoms with Crippen LogP contribution in [0.5, 0.6) is 0 Å². The van der Waals surface area contributed by atoms with Gasteiger partial charge in [-0.1, -0.05) is 0 Å². The van der Waals surface area contributed by atoms with E-state index in [9.17, 15) is 8.78 Å². The van der Waals surface area contributed by atoms with Crippen LogP contribution in [0, 0.1) is 13.8 Å². The smallest absolute Gasteiger partial charge is 0.256 e. The molecule has 0 radical (unpaired) electrons. The number of hydrogen-bond acceptors (Lipinski definition) is 4. The van der Waals surface area contributed by atoms with Crippen molar-refractivity contribution in [2.24, 2.45) is 0 Å². The summed E-state index contributed by atoms with van der Waals surface area (Å²) in [4.78, 5) is 12.8. The Bertz CT molecular complexity index is 844. The third-order valence-electron chi connectivity index (χ3n) is 3.22. The highest BCUT2D eigenvalue weighted by Gasteiger charge is 2.10. The van der Waals surface area contributed by atoms with Crippen molar-refractivity contribution in [1.29, 1.82) is 0 Å². The first-order valence-electron chi connectivity index (χ1n) is 6.82. The molecule has 9 heteroatoms. The molecule has 0 N–H and O–H groups in total. The molecule has 0 saturated carbocycles. The molecule has 0 unspecified atom stereocenters. The predicted molar refractivity (Wildman–Crippen MR) is 85.1 cm³/mol. The Morgan fingerprint density at radius 3 is 2.74 bits per heavy atom. The van der Waals surface area contributed by atoms with Crippen molar-refractivity contribution < 1.29 is 8.78 Å². The van der Waals surface area contributed by atoms with Gasteiger partial charge in [-0.2, -0.15) is 0 Å². The number of nitrogens with zero attached hydrogens (tertiary/aromatic N) is 6. The van der Waals surface area contributed by atoms with E-state index in [1.165, 1.54) is 10.8 Å². The maximum absolute atomic E-state index is 12.6. The summed E-state index contributed by atoms with van der Waals surface area (Å²) in [7, 11) is 0. The lowest BCUT2D eigenvalue weighted by Crippen LogP contribution is -2.07. The Balaban J connectivity index is 1.94. The van der Waals surface area contributed by atoms with Crippen LogP contribution in [0.1, 0.15) is 23.0 Å². The van der Waals surface area contributed by atoms with Crippen LogP contribution in [0.4, 0.5) is 8.78 Å². The van der Waals surface area contributed by atoms with Gasteiger partial charge in [-0.3, -0.25) is 4.98 Å². The second kappa shape index (κ2) is 6.15. The molecule has 0 aliphatic heterocycles. The molecule has 0 aliphatic rings. The molecule has 3 heterocycles. The second-order valence-corrected chi connectivity index (χ2v) is 5.80. The predicted octanol–water partition coefficient (Wildman–Crippen LogP) is 3.14. The third-order valence-corrected chi connectivity index (χ3v) is 3.60. The van der Waals surface area contributed by atoms with Gasteiger partial charge >= 0.3 is 0 Å². The quantitative estimate of drug-likeness (QED) is 0.695. The summed E-state index contributed by atoms with van der Waals surface area (Å²) >= 11 is 3.19. The van der Waals surface area contributed by atoms with Crippen molar-refractivity contribution >= 4 is 33.7 Å². The van der Waals surface area contributed by atoms with E-state index in [0.717, 1.165) is 11.4 Å². The van der Waals surface area contributed by atoms with Gasteiger partial charge in [-0.05, 0) is 41.9 Å². The Labute approximate surface area is 139 Å². The summed E-state index contributed by atoms with van der Waals surface area (Å²) in [6.45, 7) is 3.32. The molecular formula is C14H13BrF2N6. The minimum Gasteiger partial charge on any atom is -0.325 e. The van der Waals surface area contributed by atoms with Crippen LogP contribution >= 0.6 is 15.9 Å². The van der Waals surface area contributed by atoms with Crippen molar-refractivity contribution in [3.63, 3.8) is 0 Å². The van der Waals surface area contributed by atoms with Gasteiger partial charge < -0.3 is 4.57 Å². The Morgan fingerprint density at radius 1 is 1.26 bits per heavy atom. The molecule has 0 atom stereocenters. The molecular weight excluding hydrogens is 370 g/mol. The van der Waals surface area contributed by atoms with Gasteiger partial charge in [-0.25, -0.2) is 23.3 Å². The monoisotopic (exact) mass is 382 g/mol. The minimum absolute atomic E-state index is 0.405. The number of alkyl halides is 2. The lowest BCUT2D eigenvalue weighted by atomic mass is 10.4. The topological polar surface area (TPSA) is 60.9 Å². The Morgan fingerprint density at radius 2 is 2.04 bits per heavy atom. The minimum atomic E-state index is -2.45. The van der Waals surface area contributed by atoms with E-state index in [1.54, 1.807) is 22.9 Å². The van der Waals surface area contributed by atoms with E-state index in [2.05, 4.69) is 36.0 Å². The highest BCUT2D eigenvalue weighted by Crippen LogP contribution is 2.15. The van der Waals surface area contributed by atoms with Crippen molar-refractivity contribution in [2.45, 2.75) is 26.8 Å². The summed E-state index contributed by atoms with van der Waals surface area (Å²) < 4.78 is 28.7. The highest BCUT2D eigenvalue weighted by atomic mass is 79.9. The Kier molecular flexibility index (Phi) is 4.20.